The molecule has 0 bridgehead atoms. The Hall–Kier alpha value is -0.360. The zero-order valence-electron chi connectivity index (χ0n) is 8.56. The number of alkyl halides is 3. The fourth-order valence-corrected chi connectivity index (χ4v) is 2.08. The van der Waals surface area contributed by atoms with Gasteiger partial charge in [0.1, 0.15) is 5.76 Å². The molecule has 0 saturated heterocycles. The van der Waals surface area contributed by atoms with Crippen molar-refractivity contribution in [2.24, 2.45) is 5.92 Å². The molecule has 0 heterocycles. The Kier molecular flexibility index (Phi) is 4.33. The summed E-state index contributed by atoms with van der Waals surface area (Å²) >= 11 is -0.00866. The van der Waals surface area contributed by atoms with Gasteiger partial charge in [-0.25, -0.2) is 0 Å². The second-order valence-corrected chi connectivity index (χ2v) is 4.09. The molecule has 0 fully saturated rings. The van der Waals surface area contributed by atoms with Crippen molar-refractivity contribution in [3.63, 3.8) is 0 Å². The Balaban J connectivity index is 2.43. The molecule has 2 nitrogen and oxygen atoms in total. The zero-order valence-corrected chi connectivity index (χ0v) is 9.37. The molecule has 0 aliphatic heterocycles. The molecular formula is C9H13F3O2S. The fourth-order valence-electron chi connectivity index (χ4n) is 1.59. The van der Waals surface area contributed by atoms with Gasteiger partial charge in [-0.1, -0.05) is 6.92 Å². The highest BCUT2D eigenvalue weighted by Gasteiger charge is 2.32. The van der Waals surface area contributed by atoms with Gasteiger partial charge in [-0.15, -0.1) is 13.2 Å². The first kappa shape index (κ1) is 12.7. The van der Waals surface area contributed by atoms with Gasteiger partial charge in [0, 0.05) is 5.92 Å². The van der Waals surface area contributed by atoms with Gasteiger partial charge in [-0.3, -0.25) is 0 Å². The number of allylic oxidation sites excluding steroid dienone is 2. The molecule has 0 aromatic rings. The topological polar surface area (TPSA) is 18.5 Å². The molecule has 0 amide bonds. The average molecular weight is 242 g/mol. The molecule has 6 heteroatoms. The summed E-state index contributed by atoms with van der Waals surface area (Å²) in [6, 6.07) is 0. The lowest BCUT2D eigenvalue weighted by molar-refractivity contribution is -0.269. The lowest BCUT2D eigenvalue weighted by Crippen LogP contribution is -2.12. The zero-order chi connectivity index (χ0) is 11.5. The molecular weight excluding hydrogens is 229 g/mol. The van der Waals surface area contributed by atoms with Crippen molar-refractivity contribution in [3.8, 4) is 0 Å². The van der Waals surface area contributed by atoms with Crippen LogP contribution in [0, 0.1) is 5.92 Å². The molecule has 15 heavy (non-hydrogen) atoms. The van der Waals surface area contributed by atoms with E-state index in [-0.39, 0.29) is 18.2 Å². The van der Waals surface area contributed by atoms with Crippen LogP contribution in [0.15, 0.2) is 11.3 Å². The van der Waals surface area contributed by atoms with Crippen LogP contribution in [0.5, 0.6) is 0 Å². The van der Waals surface area contributed by atoms with Crippen LogP contribution in [0.1, 0.15) is 33.1 Å². The number of hydrogen-bond donors (Lipinski definition) is 0. The van der Waals surface area contributed by atoms with Gasteiger partial charge in [-0.2, -0.15) is 4.18 Å². The summed E-state index contributed by atoms with van der Waals surface area (Å²) < 4.78 is 43.4. The van der Waals surface area contributed by atoms with Crippen LogP contribution in [-0.4, -0.2) is 6.36 Å². The Morgan fingerprint density at radius 2 is 2.07 bits per heavy atom. The Labute approximate surface area is 91.2 Å². The van der Waals surface area contributed by atoms with Gasteiger partial charge in [0.25, 0.3) is 0 Å². The molecule has 1 rings (SSSR count). The van der Waals surface area contributed by atoms with Gasteiger partial charge in [0.15, 0.2) is 0 Å². The van der Waals surface area contributed by atoms with Crippen molar-refractivity contribution >= 4 is 12.3 Å². The Morgan fingerprint density at radius 3 is 2.60 bits per heavy atom. The van der Waals surface area contributed by atoms with Crippen LogP contribution in [0.3, 0.4) is 0 Å². The Morgan fingerprint density at radius 1 is 1.40 bits per heavy atom. The number of halogens is 3. The molecule has 0 aromatic heterocycles. The third-order valence-electron chi connectivity index (χ3n) is 2.31. The van der Waals surface area contributed by atoms with Crippen molar-refractivity contribution in [2.45, 2.75) is 39.5 Å². The van der Waals surface area contributed by atoms with E-state index in [1.54, 1.807) is 0 Å². The first-order chi connectivity index (χ1) is 6.90. The van der Waals surface area contributed by atoms with Crippen LogP contribution in [0.25, 0.3) is 0 Å². The van der Waals surface area contributed by atoms with Gasteiger partial charge < -0.3 is 4.18 Å². The van der Waals surface area contributed by atoms with Crippen LogP contribution in [0.4, 0.5) is 13.2 Å². The van der Waals surface area contributed by atoms with E-state index in [4.69, 9.17) is 4.18 Å². The molecule has 0 N–H and O–H groups in total. The van der Waals surface area contributed by atoms with Crippen molar-refractivity contribution in [2.75, 3.05) is 0 Å². The monoisotopic (exact) mass is 242 g/mol. The maximum Gasteiger partial charge on any atom is 0.536 e. The van der Waals surface area contributed by atoms with Crippen molar-refractivity contribution < 1.29 is 21.5 Å². The van der Waals surface area contributed by atoms with E-state index >= 15 is 0 Å². The summed E-state index contributed by atoms with van der Waals surface area (Å²) in [5.41, 5.74) is 1.01. The number of rotatable bonds is 3. The van der Waals surface area contributed by atoms with Crippen LogP contribution < -0.4 is 0 Å². The first-order valence-electron chi connectivity index (χ1n) is 4.69. The molecule has 1 aliphatic carbocycles. The predicted molar refractivity (Wildman–Crippen MR) is 51.5 cm³/mol. The van der Waals surface area contributed by atoms with E-state index in [0.717, 1.165) is 24.8 Å². The second kappa shape index (κ2) is 5.12. The highest BCUT2D eigenvalue weighted by Crippen LogP contribution is 2.34. The minimum Gasteiger partial charge on any atom is -0.405 e. The van der Waals surface area contributed by atoms with E-state index in [1.165, 1.54) is 0 Å². The maximum atomic E-state index is 11.7. The summed E-state index contributed by atoms with van der Waals surface area (Å²) in [4.78, 5) is 0. The van der Waals surface area contributed by atoms with E-state index in [0.29, 0.717) is 5.76 Å². The van der Waals surface area contributed by atoms with Crippen molar-refractivity contribution in [1.82, 2.24) is 0 Å². The number of hydrogen-bond acceptors (Lipinski definition) is 3. The van der Waals surface area contributed by atoms with Gasteiger partial charge in [-0.05, 0) is 31.8 Å². The van der Waals surface area contributed by atoms with Gasteiger partial charge >= 0.3 is 6.36 Å². The molecule has 1 unspecified atom stereocenters. The van der Waals surface area contributed by atoms with Crippen LogP contribution in [0.2, 0.25) is 0 Å². The van der Waals surface area contributed by atoms with E-state index in [9.17, 15) is 13.2 Å². The molecule has 1 aliphatic rings. The molecule has 0 radical (unpaired) electrons. The lowest BCUT2D eigenvalue weighted by atomic mass is 9.91. The highest BCUT2D eigenvalue weighted by molar-refractivity contribution is 7.90. The standard InChI is InChI=1S/C9H13F3O2S/c1-6-4-3-5-7(2)8(6)13-15-14-9(10,11)12/h6H,3-5H2,1-2H3. The van der Waals surface area contributed by atoms with E-state index in [1.807, 2.05) is 13.8 Å². The summed E-state index contributed by atoms with van der Waals surface area (Å²) in [5.74, 6) is 0.790. The summed E-state index contributed by atoms with van der Waals surface area (Å²) in [7, 11) is 0. The lowest BCUT2D eigenvalue weighted by Gasteiger charge is -2.22. The summed E-state index contributed by atoms with van der Waals surface area (Å²) in [6.45, 7) is 3.81. The molecule has 88 valence electrons. The molecule has 0 spiro atoms. The minimum atomic E-state index is -4.66. The van der Waals surface area contributed by atoms with Crippen LogP contribution in [-0.2, 0) is 8.37 Å². The predicted octanol–water partition coefficient (Wildman–Crippen LogP) is 4.20. The first-order valence-corrected chi connectivity index (χ1v) is 5.35. The normalized spacial score (nSPS) is 23.1. The van der Waals surface area contributed by atoms with E-state index < -0.39 is 6.36 Å². The molecule has 0 saturated carbocycles. The van der Waals surface area contributed by atoms with Crippen LogP contribution >= 0.6 is 12.3 Å². The van der Waals surface area contributed by atoms with Crippen molar-refractivity contribution in [1.29, 1.82) is 0 Å². The summed E-state index contributed by atoms with van der Waals surface area (Å²) in [5, 5.41) is 0. The third kappa shape index (κ3) is 4.34. The Bertz CT molecular complexity index is 250. The second-order valence-electron chi connectivity index (χ2n) is 3.62. The van der Waals surface area contributed by atoms with Gasteiger partial charge in [0.2, 0.25) is 12.3 Å². The largest absolute Gasteiger partial charge is 0.536 e. The average Bonchev–Trinajstić information content (AvgIpc) is 2.08. The fraction of sp³-hybridized carbons (Fsp3) is 0.778. The molecule has 1 atom stereocenters. The minimum absolute atomic E-state index is 0.00866. The van der Waals surface area contributed by atoms with Crippen molar-refractivity contribution in [3.05, 3.63) is 11.3 Å². The summed E-state index contributed by atoms with van der Waals surface area (Å²) in [6.07, 6.45) is -1.77. The SMILES string of the molecule is CC1=C(OSOC(F)(F)F)C(C)CCC1. The maximum absolute atomic E-state index is 11.7. The molecule has 0 aromatic carbocycles. The smallest absolute Gasteiger partial charge is 0.405 e. The quantitative estimate of drug-likeness (QED) is 0.691. The highest BCUT2D eigenvalue weighted by atomic mass is 32.2. The third-order valence-corrected chi connectivity index (χ3v) is 2.81. The van der Waals surface area contributed by atoms with E-state index in [2.05, 4.69) is 4.18 Å². The van der Waals surface area contributed by atoms with Gasteiger partial charge in [0.05, 0.1) is 0 Å².